The minimum atomic E-state index is 0.0480. The summed E-state index contributed by atoms with van der Waals surface area (Å²) in [6, 6.07) is 8.38. The molecule has 2 rings (SSSR count). The summed E-state index contributed by atoms with van der Waals surface area (Å²) in [5.74, 6) is 0.618. The molecule has 0 bridgehead atoms. The summed E-state index contributed by atoms with van der Waals surface area (Å²) in [7, 11) is 0. The van der Waals surface area contributed by atoms with E-state index in [2.05, 4.69) is 36.2 Å². The van der Waals surface area contributed by atoms with E-state index in [0.717, 1.165) is 25.1 Å². The maximum absolute atomic E-state index is 12.2. The molecule has 116 valence electrons. The van der Waals surface area contributed by atoms with Crippen molar-refractivity contribution in [3.8, 4) is 0 Å². The van der Waals surface area contributed by atoms with Crippen LogP contribution in [0.1, 0.15) is 32.3 Å². The molecule has 0 aliphatic carbocycles. The van der Waals surface area contributed by atoms with E-state index in [4.69, 9.17) is 5.73 Å². The number of nitrogens with zero attached hydrogens (tertiary/aromatic N) is 1. The van der Waals surface area contributed by atoms with Crippen LogP contribution in [0.5, 0.6) is 0 Å². The second kappa shape index (κ2) is 7.57. The lowest BCUT2D eigenvalue weighted by Gasteiger charge is -2.38. The lowest BCUT2D eigenvalue weighted by atomic mass is 9.91. The number of nitrogens with one attached hydrogen (secondary N) is 1. The highest BCUT2D eigenvalue weighted by Crippen LogP contribution is 2.22. The van der Waals surface area contributed by atoms with Crippen LogP contribution in [-0.2, 0) is 11.2 Å². The van der Waals surface area contributed by atoms with Crippen molar-refractivity contribution in [2.75, 3.05) is 25.0 Å². The lowest BCUT2D eigenvalue weighted by molar-refractivity contribution is -0.118. The van der Waals surface area contributed by atoms with Gasteiger partial charge in [0.1, 0.15) is 0 Å². The number of piperidine rings is 1. The second-order valence-corrected chi connectivity index (χ2v) is 5.99. The van der Waals surface area contributed by atoms with E-state index >= 15 is 0 Å². The van der Waals surface area contributed by atoms with Crippen LogP contribution in [0.3, 0.4) is 0 Å². The van der Waals surface area contributed by atoms with E-state index in [1.807, 2.05) is 12.1 Å². The van der Waals surface area contributed by atoms with Crippen molar-refractivity contribution in [1.29, 1.82) is 0 Å². The van der Waals surface area contributed by atoms with Crippen molar-refractivity contribution < 1.29 is 4.79 Å². The predicted octanol–water partition coefficient (Wildman–Crippen LogP) is 2.25. The third-order valence-electron chi connectivity index (χ3n) is 4.46. The van der Waals surface area contributed by atoms with Crippen LogP contribution >= 0.6 is 0 Å². The van der Waals surface area contributed by atoms with Gasteiger partial charge < -0.3 is 11.1 Å². The summed E-state index contributed by atoms with van der Waals surface area (Å²) in [5, 5.41) is 2.98. The number of aryl methyl sites for hydroxylation is 1. The van der Waals surface area contributed by atoms with Crippen molar-refractivity contribution >= 4 is 11.6 Å². The molecule has 0 saturated carbocycles. The van der Waals surface area contributed by atoms with Gasteiger partial charge in [0, 0.05) is 18.3 Å². The van der Waals surface area contributed by atoms with E-state index in [0.29, 0.717) is 25.0 Å². The average molecular weight is 289 g/mol. The Labute approximate surface area is 127 Å². The standard InChI is InChI=1S/C17H27N3O/c1-3-14-6-8-15(9-7-14)19-17(21)12-20-10-4-5-13(2)16(20)11-18/h6-9,13,16H,3-5,10-12,18H2,1-2H3,(H,19,21). The van der Waals surface area contributed by atoms with Gasteiger partial charge in [0.25, 0.3) is 0 Å². The van der Waals surface area contributed by atoms with Crippen LogP contribution in [0.2, 0.25) is 0 Å². The molecule has 1 fully saturated rings. The zero-order chi connectivity index (χ0) is 15.2. The van der Waals surface area contributed by atoms with Crippen LogP contribution in [-0.4, -0.2) is 36.5 Å². The van der Waals surface area contributed by atoms with Crippen LogP contribution in [0.4, 0.5) is 5.69 Å². The van der Waals surface area contributed by atoms with Crippen molar-refractivity contribution in [3.05, 3.63) is 29.8 Å². The Balaban J connectivity index is 1.90. The van der Waals surface area contributed by atoms with E-state index in [-0.39, 0.29) is 5.91 Å². The zero-order valence-electron chi connectivity index (χ0n) is 13.1. The van der Waals surface area contributed by atoms with Gasteiger partial charge in [-0.2, -0.15) is 0 Å². The first-order valence-electron chi connectivity index (χ1n) is 7.97. The molecule has 0 radical (unpaired) electrons. The summed E-state index contributed by atoms with van der Waals surface area (Å²) >= 11 is 0. The van der Waals surface area contributed by atoms with Gasteiger partial charge in [-0.15, -0.1) is 0 Å². The minimum Gasteiger partial charge on any atom is -0.329 e. The number of hydrogen-bond acceptors (Lipinski definition) is 3. The summed E-state index contributed by atoms with van der Waals surface area (Å²) in [6.45, 7) is 6.37. The Morgan fingerprint density at radius 3 is 2.71 bits per heavy atom. The topological polar surface area (TPSA) is 58.4 Å². The SMILES string of the molecule is CCc1ccc(NC(=O)CN2CCCC(C)C2CN)cc1. The second-order valence-electron chi connectivity index (χ2n) is 5.99. The number of hydrogen-bond donors (Lipinski definition) is 2. The third-order valence-corrected chi connectivity index (χ3v) is 4.46. The zero-order valence-corrected chi connectivity index (χ0v) is 13.1. The molecule has 2 unspecified atom stereocenters. The van der Waals surface area contributed by atoms with Crippen molar-refractivity contribution in [3.63, 3.8) is 0 Å². The largest absolute Gasteiger partial charge is 0.329 e. The Kier molecular flexibility index (Phi) is 5.76. The average Bonchev–Trinajstić information content (AvgIpc) is 2.48. The van der Waals surface area contributed by atoms with Gasteiger partial charge in [0.2, 0.25) is 5.91 Å². The number of carbonyl (C=O) groups excluding carboxylic acids is 1. The first-order chi connectivity index (χ1) is 10.1. The van der Waals surface area contributed by atoms with Crippen molar-refractivity contribution in [2.24, 2.45) is 11.7 Å². The number of anilines is 1. The van der Waals surface area contributed by atoms with Gasteiger partial charge >= 0.3 is 0 Å². The van der Waals surface area contributed by atoms with Crippen molar-refractivity contribution in [1.82, 2.24) is 4.90 Å². The Hall–Kier alpha value is -1.39. The maximum Gasteiger partial charge on any atom is 0.238 e. The number of likely N-dealkylation sites (tertiary alicyclic amines) is 1. The molecule has 1 aromatic rings. The highest BCUT2D eigenvalue weighted by atomic mass is 16.2. The highest BCUT2D eigenvalue weighted by molar-refractivity contribution is 5.92. The minimum absolute atomic E-state index is 0.0480. The third kappa shape index (κ3) is 4.29. The molecule has 1 saturated heterocycles. The Morgan fingerprint density at radius 1 is 1.38 bits per heavy atom. The van der Waals surface area contributed by atoms with Gasteiger partial charge in [-0.25, -0.2) is 0 Å². The summed E-state index contributed by atoms with van der Waals surface area (Å²) < 4.78 is 0. The molecular formula is C17H27N3O. The van der Waals surface area contributed by atoms with Gasteiger partial charge in [0.15, 0.2) is 0 Å². The molecule has 1 aliphatic heterocycles. The maximum atomic E-state index is 12.2. The normalized spacial score (nSPS) is 23.0. The molecule has 1 aromatic carbocycles. The molecule has 4 nitrogen and oxygen atoms in total. The number of benzene rings is 1. The summed E-state index contributed by atoms with van der Waals surface area (Å²) in [6.07, 6.45) is 3.37. The Morgan fingerprint density at radius 2 is 2.10 bits per heavy atom. The fraction of sp³-hybridized carbons (Fsp3) is 0.588. The van der Waals surface area contributed by atoms with Crippen LogP contribution in [0, 0.1) is 5.92 Å². The predicted molar refractivity (Wildman–Crippen MR) is 87.3 cm³/mol. The first kappa shape index (κ1) is 16.0. The molecule has 3 N–H and O–H groups in total. The smallest absolute Gasteiger partial charge is 0.238 e. The van der Waals surface area contributed by atoms with Crippen LogP contribution < -0.4 is 11.1 Å². The molecular weight excluding hydrogens is 262 g/mol. The van der Waals surface area contributed by atoms with E-state index < -0.39 is 0 Å². The van der Waals surface area contributed by atoms with Crippen molar-refractivity contribution in [2.45, 2.75) is 39.2 Å². The fourth-order valence-electron chi connectivity index (χ4n) is 3.12. The monoisotopic (exact) mass is 289 g/mol. The quantitative estimate of drug-likeness (QED) is 0.874. The van der Waals surface area contributed by atoms with E-state index in [1.165, 1.54) is 12.0 Å². The number of rotatable bonds is 5. The molecule has 1 aliphatic rings. The van der Waals surface area contributed by atoms with Gasteiger partial charge in [-0.3, -0.25) is 9.69 Å². The molecule has 2 atom stereocenters. The lowest BCUT2D eigenvalue weighted by Crippen LogP contribution is -2.51. The van der Waals surface area contributed by atoms with Crippen LogP contribution in [0.25, 0.3) is 0 Å². The number of carbonyl (C=O) groups is 1. The molecule has 1 amide bonds. The molecule has 1 heterocycles. The van der Waals surface area contributed by atoms with Crippen LogP contribution in [0.15, 0.2) is 24.3 Å². The molecule has 0 aromatic heterocycles. The molecule has 4 heteroatoms. The molecule has 21 heavy (non-hydrogen) atoms. The van der Waals surface area contributed by atoms with E-state index in [9.17, 15) is 4.79 Å². The first-order valence-corrected chi connectivity index (χ1v) is 7.97. The number of nitrogens with two attached hydrogens (primary N) is 1. The Bertz CT molecular complexity index is 458. The van der Waals surface area contributed by atoms with Gasteiger partial charge in [-0.05, 0) is 49.4 Å². The molecule has 0 spiro atoms. The summed E-state index contributed by atoms with van der Waals surface area (Å²) in [4.78, 5) is 14.4. The van der Waals surface area contributed by atoms with E-state index in [1.54, 1.807) is 0 Å². The van der Waals surface area contributed by atoms with Gasteiger partial charge in [-0.1, -0.05) is 26.0 Å². The fourth-order valence-corrected chi connectivity index (χ4v) is 3.12. The highest BCUT2D eigenvalue weighted by Gasteiger charge is 2.28. The van der Waals surface area contributed by atoms with Gasteiger partial charge in [0.05, 0.1) is 6.54 Å². The number of amides is 1. The summed E-state index contributed by atoms with van der Waals surface area (Å²) in [5.41, 5.74) is 8.02.